The maximum absolute atomic E-state index is 12.4. The number of piperazine rings is 1. The molecule has 2 aromatic carbocycles. The molecule has 1 fully saturated rings. The second kappa shape index (κ2) is 8.74. The predicted molar refractivity (Wildman–Crippen MR) is 121 cm³/mol. The van der Waals surface area contributed by atoms with Gasteiger partial charge in [0.2, 0.25) is 0 Å². The lowest BCUT2D eigenvalue weighted by Gasteiger charge is -2.42. The molecule has 0 saturated carbocycles. The van der Waals surface area contributed by atoms with E-state index in [1.165, 1.54) is 23.6 Å². The van der Waals surface area contributed by atoms with Crippen LogP contribution >= 0.6 is 0 Å². The van der Waals surface area contributed by atoms with Crippen molar-refractivity contribution in [2.24, 2.45) is 0 Å². The molecule has 1 atom stereocenters. The fourth-order valence-electron chi connectivity index (χ4n) is 5.09. The minimum Gasteiger partial charge on any atom is -0.406 e. The topological polar surface area (TPSA) is 33.5 Å². The van der Waals surface area contributed by atoms with Gasteiger partial charge >= 0.3 is 6.36 Å². The summed E-state index contributed by atoms with van der Waals surface area (Å²) in [5, 5.41) is 0. The molecule has 5 rings (SSSR count). The Morgan fingerprint density at radius 2 is 1.76 bits per heavy atom. The van der Waals surface area contributed by atoms with Crippen LogP contribution in [0.2, 0.25) is 0 Å². The molecule has 3 heterocycles. The highest BCUT2D eigenvalue weighted by atomic mass is 19.4. The standard InChI is InChI=1S/C25H27F3N4O/c1-18-22(19-5-8-21(9-6-19)33-25(26,27)28)3-2-4-23(18)31-15-13-30(14-16-31)20-7-10-24-29-11-12-32(24)17-20/h2-6,8-9,11-12,20H,7,10,13-17H2,1H3. The minimum atomic E-state index is -4.68. The summed E-state index contributed by atoms with van der Waals surface area (Å²) in [5.74, 6) is 0.983. The summed E-state index contributed by atoms with van der Waals surface area (Å²) >= 11 is 0. The van der Waals surface area contributed by atoms with Gasteiger partial charge in [-0.3, -0.25) is 4.90 Å². The Labute approximate surface area is 191 Å². The number of benzene rings is 2. The number of aromatic nitrogens is 2. The van der Waals surface area contributed by atoms with Gasteiger partial charge < -0.3 is 14.2 Å². The first-order valence-electron chi connectivity index (χ1n) is 11.3. The molecule has 33 heavy (non-hydrogen) atoms. The van der Waals surface area contributed by atoms with Crippen LogP contribution in [-0.4, -0.2) is 53.0 Å². The van der Waals surface area contributed by atoms with Gasteiger partial charge in [0.05, 0.1) is 0 Å². The first-order chi connectivity index (χ1) is 15.9. The van der Waals surface area contributed by atoms with E-state index in [2.05, 4.69) is 43.3 Å². The fraction of sp³-hybridized carbons (Fsp3) is 0.400. The van der Waals surface area contributed by atoms with E-state index < -0.39 is 6.36 Å². The number of anilines is 1. The Kier molecular flexibility index (Phi) is 5.78. The molecule has 1 saturated heterocycles. The van der Waals surface area contributed by atoms with Gasteiger partial charge in [0, 0.05) is 63.3 Å². The summed E-state index contributed by atoms with van der Waals surface area (Å²) in [4.78, 5) is 9.44. The zero-order valence-corrected chi connectivity index (χ0v) is 18.6. The fourth-order valence-corrected chi connectivity index (χ4v) is 5.09. The van der Waals surface area contributed by atoms with Crippen LogP contribution in [0.5, 0.6) is 5.75 Å². The van der Waals surface area contributed by atoms with Gasteiger partial charge in [0.25, 0.3) is 0 Å². The highest BCUT2D eigenvalue weighted by molar-refractivity contribution is 5.74. The quantitative estimate of drug-likeness (QED) is 0.560. The lowest BCUT2D eigenvalue weighted by atomic mass is 9.98. The van der Waals surface area contributed by atoms with Crippen LogP contribution in [0.3, 0.4) is 0 Å². The summed E-state index contributed by atoms with van der Waals surface area (Å²) in [6.45, 7) is 7.03. The average molecular weight is 457 g/mol. The van der Waals surface area contributed by atoms with Crippen LogP contribution in [0.1, 0.15) is 17.8 Å². The molecule has 1 unspecified atom stereocenters. The molecule has 0 amide bonds. The van der Waals surface area contributed by atoms with Crippen LogP contribution in [0.4, 0.5) is 18.9 Å². The molecule has 0 aliphatic carbocycles. The number of alkyl halides is 3. The van der Waals surface area contributed by atoms with Crippen LogP contribution < -0.4 is 9.64 Å². The van der Waals surface area contributed by atoms with E-state index in [0.717, 1.165) is 62.3 Å². The van der Waals surface area contributed by atoms with Crippen LogP contribution in [0.15, 0.2) is 54.9 Å². The summed E-state index contributed by atoms with van der Waals surface area (Å²) in [5.41, 5.74) is 4.22. The van der Waals surface area contributed by atoms with Gasteiger partial charge in [0.1, 0.15) is 11.6 Å². The number of imidazole rings is 1. The van der Waals surface area contributed by atoms with Crippen molar-refractivity contribution in [1.29, 1.82) is 0 Å². The van der Waals surface area contributed by atoms with Crippen molar-refractivity contribution in [3.05, 3.63) is 66.2 Å². The molecule has 8 heteroatoms. The van der Waals surface area contributed by atoms with E-state index in [-0.39, 0.29) is 5.75 Å². The zero-order valence-electron chi connectivity index (χ0n) is 18.6. The Morgan fingerprint density at radius 1 is 1.00 bits per heavy atom. The smallest absolute Gasteiger partial charge is 0.406 e. The largest absolute Gasteiger partial charge is 0.573 e. The summed E-state index contributed by atoms with van der Waals surface area (Å²) < 4.78 is 43.6. The lowest BCUT2D eigenvalue weighted by Crippen LogP contribution is -2.52. The number of hydrogen-bond acceptors (Lipinski definition) is 4. The normalized spacial score (nSPS) is 19.4. The third-order valence-corrected chi connectivity index (χ3v) is 6.79. The molecule has 0 N–H and O–H groups in total. The molecule has 2 aliphatic heterocycles. The van der Waals surface area contributed by atoms with Gasteiger partial charge in [-0.25, -0.2) is 4.98 Å². The van der Waals surface area contributed by atoms with Crippen molar-refractivity contribution in [3.63, 3.8) is 0 Å². The van der Waals surface area contributed by atoms with Gasteiger partial charge in [-0.05, 0) is 48.2 Å². The monoisotopic (exact) mass is 456 g/mol. The number of rotatable bonds is 4. The second-order valence-corrected chi connectivity index (χ2v) is 8.73. The molecule has 3 aromatic rings. The van der Waals surface area contributed by atoms with Crippen LogP contribution in [0.25, 0.3) is 11.1 Å². The van der Waals surface area contributed by atoms with Crippen LogP contribution in [-0.2, 0) is 13.0 Å². The number of nitrogens with zero attached hydrogens (tertiary/aromatic N) is 4. The first kappa shape index (κ1) is 21.8. The Bertz CT molecular complexity index is 1100. The molecule has 0 spiro atoms. The van der Waals surface area contributed by atoms with Gasteiger partial charge in [0.15, 0.2) is 0 Å². The van der Waals surface area contributed by atoms with E-state index in [1.807, 2.05) is 18.3 Å². The first-order valence-corrected chi connectivity index (χ1v) is 11.3. The zero-order chi connectivity index (χ0) is 23.0. The van der Waals surface area contributed by atoms with E-state index >= 15 is 0 Å². The molecule has 174 valence electrons. The lowest BCUT2D eigenvalue weighted by molar-refractivity contribution is -0.274. The van der Waals surface area contributed by atoms with E-state index in [9.17, 15) is 13.2 Å². The number of hydrogen-bond donors (Lipinski definition) is 0. The molecular formula is C25H27F3N4O. The molecular weight excluding hydrogens is 429 g/mol. The molecule has 2 aliphatic rings. The SMILES string of the molecule is Cc1c(-c2ccc(OC(F)(F)F)cc2)cccc1N1CCN(C2CCc3nccn3C2)CC1. The van der Waals surface area contributed by atoms with E-state index in [0.29, 0.717) is 6.04 Å². The predicted octanol–water partition coefficient (Wildman–Crippen LogP) is 4.89. The Balaban J connectivity index is 1.26. The third kappa shape index (κ3) is 4.71. The molecule has 0 radical (unpaired) electrons. The molecule has 0 bridgehead atoms. The maximum Gasteiger partial charge on any atom is 0.573 e. The Morgan fingerprint density at radius 3 is 2.48 bits per heavy atom. The van der Waals surface area contributed by atoms with E-state index in [4.69, 9.17) is 0 Å². The molecule has 1 aromatic heterocycles. The van der Waals surface area contributed by atoms with Gasteiger partial charge in [-0.15, -0.1) is 13.2 Å². The summed E-state index contributed by atoms with van der Waals surface area (Å²) in [6.07, 6.45) is 1.47. The highest BCUT2D eigenvalue weighted by Gasteiger charge is 2.31. The van der Waals surface area contributed by atoms with Crippen molar-refractivity contribution in [2.75, 3.05) is 31.1 Å². The maximum atomic E-state index is 12.4. The summed E-state index contributed by atoms with van der Waals surface area (Å²) in [6, 6.07) is 12.8. The van der Waals surface area contributed by atoms with Crippen LogP contribution in [0, 0.1) is 6.92 Å². The molecule has 5 nitrogen and oxygen atoms in total. The van der Waals surface area contributed by atoms with Gasteiger partial charge in [-0.2, -0.15) is 0 Å². The van der Waals surface area contributed by atoms with Crippen molar-refractivity contribution < 1.29 is 17.9 Å². The number of ether oxygens (including phenoxy) is 1. The van der Waals surface area contributed by atoms with Crippen molar-refractivity contribution in [1.82, 2.24) is 14.5 Å². The number of halogens is 3. The number of aryl methyl sites for hydroxylation is 1. The third-order valence-electron chi connectivity index (χ3n) is 6.79. The van der Waals surface area contributed by atoms with Crippen molar-refractivity contribution in [3.8, 4) is 16.9 Å². The van der Waals surface area contributed by atoms with E-state index in [1.54, 1.807) is 12.1 Å². The Hall–Kier alpha value is -3.00. The number of fused-ring (bicyclic) bond motifs is 1. The second-order valence-electron chi connectivity index (χ2n) is 8.73. The van der Waals surface area contributed by atoms with Gasteiger partial charge in [-0.1, -0.05) is 24.3 Å². The highest BCUT2D eigenvalue weighted by Crippen LogP contribution is 2.33. The van der Waals surface area contributed by atoms with Crippen molar-refractivity contribution >= 4 is 5.69 Å². The van der Waals surface area contributed by atoms with Crippen molar-refractivity contribution in [2.45, 2.75) is 38.7 Å². The minimum absolute atomic E-state index is 0.207. The summed E-state index contributed by atoms with van der Waals surface area (Å²) in [7, 11) is 0. The average Bonchev–Trinajstić information content (AvgIpc) is 3.27.